The van der Waals surface area contributed by atoms with Gasteiger partial charge in [-0.3, -0.25) is 0 Å². The van der Waals surface area contributed by atoms with Gasteiger partial charge in [-0.05, 0) is 29.7 Å². The van der Waals surface area contributed by atoms with Gasteiger partial charge in [0.05, 0.1) is 0 Å². The van der Waals surface area contributed by atoms with E-state index in [0.717, 1.165) is 22.1 Å². The number of fused-ring (bicyclic) bond motifs is 1. The maximum atomic E-state index is 5.69. The third-order valence-electron chi connectivity index (χ3n) is 2.73. The van der Waals surface area contributed by atoms with Gasteiger partial charge in [0, 0.05) is 10.9 Å². The highest BCUT2D eigenvalue weighted by atomic mass is 32.1. The van der Waals surface area contributed by atoms with Crippen molar-refractivity contribution in [3.8, 4) is 11.3 Å². The first kappa shape index (κ1) is 10.2. The van der Waals surface area contributed by atoms with Crippen molar-refractivity contribution in [1.82, 2.24) is 0 Å². The van der Waals surface area contributed by atoms with Crippen molar-refractivity contribution in [1.29, 1.82) is 0 Å². The molecule has 0 saturated heterocycles. The maximum Gasteiger partial charge on any atom is 0.198 e. The Balaban J connectivity index is 2.30. The van der Waals surface area contributed by atoms with Gasteiger partial charge in [-0.2, -0.15) is 0 Å². The lowest BCUT2D eigenvalue weighted by Crippen LogP contribution is -1.79. The number of hydrogen-bond donors (Lipinski definition) is 0. The molecule has 0 amide bonds. The average Bonchev–Trinajstić information content (AvgIpc) is 2.40. The zero-order chi connectivity index (χ0) is 11.7. The van der Waals surface area contributed by atoms with Crippen molar-refractivity contribution in [3.05, 3.63) is 65.4 Å². The second-order valence-electron chi connectivity index (χ2n) is 3.85. The molecule has 0 aliphatic rings. The highest BCUT2D eigenvalue weighted by Crippen LogP contribution is 2.25. The van der Waals surface area contributed by atoms with Crippen LogP contribution in [0.15, 0.2) is 65.1 Å². The van der Waals surface area contributed by atoms with Crippen LogP contribution in [0.4, 0.5) is 0 Å². The Morgan fingerprint density at radius 1 is 0.824 bits per heavy atom. The molecule has 0 aliphatic heterocycles. The SMILES string of the molecule is S=c1oc(-c2ccccc2)cc2ccccc12. The molecule has 0 N–H and O–H groups in total. The predicted octanol–water partition coefficient (Wildman–Crippen LogP) is 4.83. The molecule has 2 heteroatoms. The van der Waals surface area contributed by atoms with Crippen molar-refractivity contribution in [2.24, 2.45) is 0 Å². The molecule has 2 aromatic carbocycles. The van der Waals surface area contributed by atoms with Crippen LogP contribution in [-0.2, 0) is 0 Å². The lowest BCUT2D eigenvalue weighted by atomic mass is 10.1. The minimum absolute atomic E-state index is 0.543. The van der Waals surface area contributed by atoms with Crippen LogP contribution in [-0.4, -0.2) is 0 Å². The molecule has 17 heavy (non-hydrogen) atoms. The summed E-state index contributed by atoms with van der Waals surface area (Å²) in [6, 6.07) is 20.0. The van der Waals surface area contributed by atoms with E-state index in [0.29, 0.717) is 4.71 Å². The van der Waals surface area contributed by atoms with E-state index in [1.165, 1.54) is 0 Å². The summed E-state index contributed by atoms with van der Waals surface area (Å²) in [5.74, 6) is 0.814. The van der Waals surface area contributed by atoms with Gasteiger partial charge in [0.1, 0.15) is 5.76 Å². The van der Waals surface area contributed by atoms with E-state index in [9.17, 15) is 0 Å². The summed E-state index contributed by atoms with van der Waals surface area (Å²) in [6.45, 7) is 0. The molecule has 0 fully saturated rings. The zero-order valence-electron chi connectivity index (χ0n) is 9.09. The summed E-state index contributed by atoms with van der Waals surface area (Å²) < 4.78 is 6.23. The Labute approximate surface area is 104 Å². The van der Waals surface area contributed by atoms with E-state index in [4.69, 9.17) is 16.6 Å². The minimum Gasteiger partial charge on any atom is -0.445 e. The van der Waals surface area contributed by atoms with Crippen molar-refractivity contribution in [2.45, 2.75) is 0 Å². The maximum absolute atomic E-state index is 5.69. The molecule has 1 aromatic heterocycles. The van der Waals surface area contributed by atoms with Gasteiger partial charge in [-0.15, -0.1) is 0 Å². The summed E-state index contributed by atoms with van der Waals surface area (Å²) in [7, 11) is 0. The molecule has 0 saturated carbocycles. The van der Waals surface area contributed by atoms with E-state index in [-0.39, 0.29) is 0 Å². The van der Waals surface area contributed by atoms with Crippen LogP contribution in [0.2, 0.25) is 0 Å². The quantitative estimate of drug-likeness (QED) is 0.563. The third-order valence-corrected chi connectivity index (χ3v) is 3.03. The second kappa shape index (κ2) is 4.15. The molecule has 1 nitrogen and oxygen atoms in total. The van der Waals surface area contributed by atoms with E-state index in [1.54, 1.807) is 0 Å². The van der Waals surface area contributed by atoms with Crippen LogP contribution in [0.25, 0.3) is 22.1 Å². The Morgan fingerprint density at radius 2 is 1.53 bits per heavy atom. The fourth-order valence-corrected chi connectivity index (χ4v) is 2.15. The molecule has 0 radical (unpaired) electrons. The van der Waals surface area contributed by atoms with Crippen LogP contribution in [0.5, 0.6) is 0 Å². The highest BCUT2D eigenvalue weighted by molar-refractivity contribution is 7.71. The minimum atomic E-state index is 0.543. The summed E-state index contributed by atoms with van der Waals surface area (Å²) >= 11 is 5.27. The normalized spacial score (nSPS) is 10.6. The Morgan fingerprint density at radius 3 is 2.35 bits per heavy atom. The van der Waals surface area contributed by atoms with Crippen LogP contribution < -0.4 is 0 Å². The molecule has 0 aliphatic carbocycles. The van der Waals surface area contributed by atoms with Gasteiger partial charge in [-0.1, -0.05) is 48.5 Å². The van der Waals surface area contributed by atoms with Gasteiger partial charge >= 0.3 is 0 Å². The van der Waals surface area contributed by atoms with Crippen molar-refractivity contribution < 1.29 is 4.42 Å². The monoisotopic (exact) mass is 238 g/mol. The van der Waals surface area contributed by atoms with Gasteiger partial charge in [-0.25, -0.2) is 0 Å². The van der Waals surface area contributed by atoms with Crippen LogP contribution in [0, 0.1) is 4.71 Å². The average molecular weight is 238 g/mol. The smallest absolute Gasteiger partial charge is 0.198 e. The molecule has 82 valence electrons. The van der Waals surface area contributed by atoms with E-state index < -0.39 is 0 Å². The first-order valence-corrected chi connectivity index (χ1v) is 5.84. The van der Waals surface area contributed by atoms with Crippen LogP contribution in [0.1, 0.15) is 0 Å². The Hall–Kier alpha value is -1.93. The summed E-state index contributed by atoms with van der Waals surface area (Å²) in [4.78, 5) is 0. The topological polar surface area (TPSA) is 13.1 Å². The molecular formula is C15H10OS. The van der Waals surface area contributed by atoms with Crippen LogP contribution >= 0.6 is 12.2 Å². The summed E-state index contributed by atoms with van der Waals surface area (Å²) in [5, 5.41) is 2.10. The fraction of sp³-hybridized carbons (Fsp3) is 0. The van der Waals surface area contributed by atoms with Gasteiger partial charge < -0.3 is 4.42 Å². The van der Waals surface area contributed by atoms with E-state index in [1.807, 2.05) is 60.7 Å². The summed E-state index contributed by atoms with van der Waals surface area (Å²) in [5.41, 5.74) is 1.05. The molecule has 0 bridgehead atoms. The van der Waals surface area contributed by atoms with Gasteiger partial charge in [0.2, 0.25) is 0 Å². The number of rotatable bonds is 1. The third kappa shape index (κ3) is 1.87. The second-order valence-corrected chi connectivity index (χ2v) is 4.22. The van der Waals surface area contributed by atoms with E-state index >= 15 is 0 Å². The van der Waals surface area contributed by atoms with Crippen LogP contribution in [0.3, 0.4) is 0 Å². The highest BCUT2D eigenvalue weighted by Gasteiger charge is 2.03. The van der Waals surface area contributed by atoms with Crippen molar-refractivity contribution >= 4 is 23.0 Å². The number of benzene rings is 2. The molecule has 1 heterocycles. The largest absolute Gasteiger partial charge is 0.445 e. The molecular weight excluding hydrogens is 228 g/mol. The molecule has 3 rings (SSSR count). The first-order chi connectivity index (χ1) is 8.34. The Bertz CT molecular complexity index is 714. The van der Waals surface area contributed by atoms with Crippen molar-refractivity contribution in [2.75, 3.05) is 0 Å². The van der Waals surface area contributed by atoms with E-state index in [2.05, 4.69) is 0 Å². The lowest BCUT2D eigenvalue weighted by molar-refractivity contribution is 0.558. The standard InChI is InChI=1S/C15H10OS/c17-15-13-9-5-4-8-12(13)10-14(16-15)11-6-2-1-3-7-11/h1-10H. The zero-order valence-corrected chi connectivity index (χ0v) is 9.91. The predicted molar refractivity (Wildman–Crippen MR) is 72.5 cm³/mol. The molecule has 0 spiro atoms. The van der Waals surface area contributed by atoms with Gasteiger partial charge in [0.15, 0.2) is 4.71 Å². The fourth-order valence-electron chi connectivity index (χ4n) is 1.88. The van der Waals surface area contributed by atoms with Gasteiger partial charge in [0.25, 0.3) is 0 Å². The summed E-state index contributed by atoms with van der Waals surface area (Å²) in [6.07, 6.45) is 0. The van der Waals surface area contributed by atoms with Crippen molar-refractivity contribution in [3.63, 3.8) is 0 Å². The molecule has 0 atom stereocenters. The molecule has 3 aromatic rings. The number of hydrogen-bond acceptors (Lipinski definition) is 2. The lowest BCUT2D eigenvalue weighted by Gasteiger charge is -2.03. The Kier molecular flexibility index (Phi) is 2.50. The first-order valence-electron chi connectivity index (χ1n) is 5.43. The molecule has 0 unspecified atom stereocenters.